The first-order chi connectivity index (χ1) is 6.59. The Balaban J connectivity index is 2.53. The number of aryl methyl sites for hydroxylation is 1. The van der Waals surface area contributed by atoms with E-state index in [1.54, 1.807) is 0 Å². The molecule has 0 radical (unpaired) electrons. The monoisotopic (exact) mass is 193 g/mol. The van der Waals surface area contributed by atoms with Crippen molar-refractivity contribution < 1.29 is 4.74 Å². The Bertz CT molecular complexity index is 294. The Morgan fingerprint density at radius 1 is 1.36 bits per heavy atom. The van der Waals surface area contributed by atoms with Crippen LogP contribution in [0.4, 0.5) is 5.69 Å². The zero-order chi connectivity index (χ0) is 10.6. The lowest BCUT2D eigenvalue weighted by Gasteiger charge is -2.10. The average Bonchev–Trinajstić information content (AvgIpc) is 2.10. The van der Waals surface area contributed by atoms with Crippen molar-refractivity contribution in [2.75, 3.05) is 12.3 Å². The third-order valence-electron chi connectivity index (χ3n) is 2.12. The van der Waals surface area contributed by atoms with Crippen molar-refractivity contribution >= 4 is 5.69 Å². The molecule has 0 bridgehead atoms. The third kappa shape index (κ3) is 3.29. The number of hydrogen-bond donors (Lipinski definition) is 1. The molecule has 0 atom stereocenters. The van der Waals surface area contributed by atoms with Crippen molar-refractivity contribution in [1.82, 2.24) is 0 Å². The summed E-state index contributed by atoms with van der Waals surface area (Å²) < 4.78 is 5.60. The van der Waals surface area contributed by atoms with Crippen LogP contribution in [0.2, 0.25) is 0 Å². The van der Waals surface area contributed by atoms with Crippen LogP contribution in [0.15, 0.2) is 18.2 Å². The van der Waals surface area contributed by atoms with Gasteiger partial charge in [-0.15, -0.1) is 0 Å². The number of rotatable bonds is 4. The van der Waals surface area contributed by atoms with Gasteiger partial charge < -0.3 is 10.5 Å². The topological polar surface area (TPSA) is 35.2 Å². The summed E-state index contributed by atoms with van der Waals surface area (Å²) in [6, 6.07) is 5.86. The van der Waals surface area contributed by atoms with Gasteiger partial charge in [-0.05, 0) is 37.0 Å². The molecule has 2 nitrogen and oxygen atoms in total. The van der Waals surface area contributed by atoms with Crippen LogP contribution in [0, 0.1) is 12.8 Å². The van der Waals surface area contributed by atoms with E-state index in [1.807, 2.05) is 25.1 Å². The molecule has 1 aromatic carbocycles. The number of nitrogens with two attached hydrogens (primary N) is 1. The van der Waals surface area contributed by atoms with Crippen molar-refractivity contribution in [3.05, 3.63) is 23.8 Å². The maximum Gasteiger partial charge on any atom is 0.142 e. The Labute approximate surface area is 86.1 Å². The van der Waals surface area contributed by atoms with Gasteiger partial charge in [-0.3, -0.25) is 0 Å². The fourth-order valence-electron chi connectivity index (χ4n) is 1.17. The van der Waals surface area contributed by atoms with E-state index in [4.69, 9.17) is 10.5 Å². The predicted molar refractivity (Wildman–Crippen MR) is 60.5 cm³/mol. The van der Waals surface area contributed by atoms with Crippen LogP contribution in [0.25, 0.3) is 0 Å². The molecule has 0 saturated heterocycles. The molecule has 0 unspecified atom stereocenters. The Morgan fingerprint density at radius 2 is 2.07 bits per heavy atom. The SMILES string of the molecule is Cc1ccc(N)c(OCCC(C)C)c1. The normalized spacial score (nSPS) is 10.6. The van der Waals surface area contributed by atoms with Gasteiger partial charge in [-0.2, -0.15) is 0 Å². The number of ether oxygens (including phenoxy) is 1. The maximum absolute atomic E-state index is 5.78. The molecule has 0 aliphatic rings. The number of anilines is 1. The lowest BCUT2D eigenvalue weighted by molar-refractivity contribution is 0.291. The fraction of sp³-hybridized carbons (Fsp3) is 0.500. The van der Waals surface area contributed by atoms with Gasteiger partial charge in [0.25, 0.3) is 0 Å². The molecule has 1 rings (SSSR count). The van der Waals surface area contributed by atoms with E-state index in [1.165, 1.54) is 5.56 Å². The minimum Gasteiger partial charge on any atom is -0.491 e. The number of nitrogen functional groups attached to an aromatic ring is 1. The second kappa shape index (κ2) is 4.89. The minimum atomic E-state index is 0.668. The molecule has 2 N–H and O–H groups in total. The Morgan fingerprint density at radius 3 is 2.71 bits per heavy atom. The maximum atomic E-state index is 5.78. The predicted octanol–water partition coefficient (Wildman–Crippen LogP) is 3.00. The highest BCUT2D eigenvalue weighted by atomic mass is 16.5. The molecule has 0 amide bonds. The highest BCUT2D eigenvalue weighted by Gasteiger charge is 2.01. The van der Waals surface area contributed by atoms with Gasteiger partial charge in [-0.25, -0.2) is 0 Å². The van der Waals surface area contributed by atoms with Crippen LogP contribution in [-0.4, -0.2) is 6.61 Å². The summed E-state index contributed by atoms with van der Waals surface area (Å²) in [6.45, 7) is 7.14. The second-order valence-electron chi connectivity index (χ2n) is 4.07. The van der Waals surface area contributed by atoms with Crippen molar-refractivity contribution in [3.63, 3.8) is 0 Å². The zero-order valence-corrected chi connectivity index (χ0v) is 9.21. The molecule has 0 aromatic heterocycles. The molecule has 2 heteroatoms. The summed E-state index contributed by atoms with van der Waals surface area (Å²) in [7, 11) is 0. The fourth-order valence-corrected chi connectivity index (χ4v) is 1.17. The standard InChI is InChI=1S/C12H19NO/c1-9(2)6-7-14-12-8-10(3)4-5-11(12)13/h4-5,8-9H,6-7,13H2,1-3H3. The van der Waals surface area contributed by atoms with Crippen LogP contribution < -0.4 is 10.5 Å². The highest BCUT2D eigenvalue weighted by molar-refractivity contribution is 5.53. The molecule has 78 valence electrons. The number of benzene rings is 1. The molecule has 0 heterocycles. The lowest BCUT2D eigenvalue weighted by atomic mass is 10.1. The summed E-state index contributed by atoms with van der Waals surface area (Å²) in [5.41, 5.74) is 7.68. The van der Waals surface area contributed by atoms with Crippen LogP contribution in [0.5, 0.6) is 5.75 Å². The quantitative estimate of drug-likeness (QED) is 0.746. The molecule has 0 spiro atoms. The average molecular weight is 193 g/mol. The first-order valence-corrected chi connectivity index (χ1v) is 5.08. The van der Waals surface area contributed by atoms with E-state index in [-0.39, 0.29) is 0 Å². The van der Waals surface area contributed by atoms with E-state index < -0.39 is 0 Å². The second-order valence-corrected chi connectivity index (χ2v) is 4.07. The van der Waals surface area contributed by atoms with Gasteiger partial charge >= 0.3 is 0 Å². The third-order valence-corrected chi connectivity index (χ3v) is 2.12. The molecule has 14 heavy (non-hydrogen) atoms. The first-order valence-electron chi connectivity index (χ1n) is 5.08. The van der Waals surface area contributed by atoms with Crippen molar-refractivity contribution in [2.24, 2.45) is 5.92 Å². The van der Waals surface area contributed by atoms with Gasteiger partial charge in [0.05, 0.1) is 12.3 Å². The summed E-state index contributed by atoms with van der Waals surface area (Å²) in [5.74, 6) is 1.48. The minimum absolute atomic E-state index is 0.668. The molecule has 0 fully saturated rings. The van der Waals surface area contributed by atoms with Crippen LogP contribution in [-0.2, 0) is 0 Å². The van der Waals surface area contributed by atoms with Crippen molar-refractivity contribution in [3.8, 4) is 5.75 Å². The van der Waals surface area contributed by atoms with Gasteiger partial charge in [-0.1, -0.05) is 19.9 Å². The van der Waals surface area contributed by atoms with E-state index in [0.29, 0.717) is 5.92 Å². The highest BCUT2D eigenvalue weighted by Crippen LogP contribution is 2.22. The summed E-state index contributed by atoms with van der Waals surface area (Å²) >= 11 is 0. The van der Waals surface area contributed by atoms with E-state index in [2.05, 4.69) is 13.8 Å². The Hall–Kier alpha value is -1.18. The van der Waals surface area contributed by atoms with E-state index in [9.17, 15) is 0 Å². The largest absolute Gasteiger partial charge is 0.491 e. The van der Waals surface area contributed by atoms with Crippen molar-refractivity contribution in [1.29, 1.82) is 0 Å². The molecule has 0 aliphatic heterocycles. The Kier molecular flexibility index (Phi) is 3.81. The van der Waals surface area contributed by atoms with Gasteiger partial charge in [0.2, 0.25) is 0 Å². The van der Waals surface area contributed by atoms with Crippen LogP contribution >= 0.6 is 0 Å². The molecule has 0 saturated carbocycles. The summed E-state index contributed by atoms with van der Waals surface area (Å²) in [4.78, 5) is 0. The molecular weight excluding hydrogens is 174 g/mol. The van der Waals surface area contributed by atoms with Crippen LogP contribution in [0.1, 0.15) is 25.8 Å². The van der Waals surface area contributed by atoms with Crippen molar-refractivity contribution in [2.45, 2.75) is 27.2 Å². The molecule has 1 aromatic rings. The molecule has 0 aliphatic carbocycles. The summed E-state index contributed by atoms with van der Waals surface area (Å²) in [5, 5.41) is 0. The van der Waals surface area contributed by atoms with E-state index >= 15 is 0 Å². The molecular formula is C12H19NO. The summed E-state index contributed by atoms with van der Waals surface area (Å²) in [6.07, 6.45) is 1.06. The lowest BCUT2D eigenvalue weighted by Crippen LogP contribution is -2.03. The van der Waals surface area contributed by atoms with Gasteiger partial charge in [0.1, 0.15) is 5.75 Å². The van der Waals surface area contributed by atoms with Crippen LogP contribution in [0.3, 0.4) is 0 Å². The number of hydrogen-bond acceptors (Lipinski definition) is 2. The van der Waals surface area contributed by atoms with Gasteiger partial charge in [0.15, 0.2) is 0 Å². The first kappa shape index (κ1) is 10.9. The van der Waals surface area contributed by atoms with Gasteiger partial charge in [0, 0.05) is 0 Å². The van der Waals surface area contributed by atoms with E-state index in [0.717, 1.165) is 24.5 Å². The zero-order valence-electron chi connectivity index (χ0n) is 9.21. The smallest absolute Gasteiger partial charge is 0.142 e.